The Morgan fingerprint density at radius 1 is 0.435 bits per heavy atom. The van der Waals surface area contributed by atoms with Gasteiger partial charge in [0.05, 0.1) is 0 Å². The van der Waals surface area contributed by atoms with Crippen molar-refractivity contribution in [3.05, 3.63) is 0 Å². The summed E-state index contributed by atoms with van der Waals surface area (Å²) < 4.78 is 0. The minimum Gasteiger partial charge on any atom is -0.0656 e. The lowest BCUT2D eigenvalue weighted by Gasteiger charge is -2.41. The van der Waals surface area contributed by atoms with Crippen LogP contribution in [-0.4, -0.2) is 0 Å². The molecular weight excluding hydrogens is 276 g/mol. The third kappa shape index (κ3) is 6.09. The van der Waals surface area contributed by atoms with E-state index in [1.807, 2.05) is 0 Å². The molecule has 0 aromatic carbocycles. The van der Waals surface area contributed by atoms with Gasteiger partial charge in [0.2, 0.25) is 0 Å². The summed E-state index contributed by atoms with van der Waals surface area (Å²) in [7, 11) is 0. The Morgan fingerprint density at radius 2 is 0.609 bits per heavy atom. The van der Waals surface area contributed by atoms with Crippen LogP contribution in [0.4, 0.5) is 0 Å². The molecule has 0 N–H and O–H groups in total. The van der Waals surface area contributed by atoms with E-state index >= 15 is 0 Å². The van der Waals surface area contributed by atoms with Crippen molar-refractivity contribution in [1.29, 1.82) is 0 Å². The Morgan fingerprint density at radius 3 is 0.826 bits per heavy atom. The maximum Gasteiger partial charge on any atom is -0.0386 e. The van der Waals surface area contributed by atoms with Gasteiger partial charge < -0.3 is 0 Å². The SMILES string of the molecule is CC1CCC(C2CCC(C3CCC(C)CC3)CC2)CC1.CCC. The van der Waals surface area contributed by atoms with Crippen LogP contribution in [0, 0.1) is 35.5 Å². The summed E-state index contributed by atoms with van der Waals surface area (Å²) >= 11 is 0. The minimum atomic E-state index is 1.02. The lowest BCUT2D eigenvalue weighted by atomic mass is 9.65. The van der Waals surface area contributed by atoms with Gasteiger partial charge in [0.15, 0.2) is 0 Å². The molecule has 0 spiro atoms. The van der Waals surface area contributed by atoms with Gasteiger partial charge in [-0.1, -0.05) is 59.8 Å². The van der Waals surface area contributed by atoms with Gasteiger partial charge in [0.25, 0.3) is 0 Å². The number of hydrogen-bond donors (Lipinski definition) is 0. The topological polar surface area (TPSA) is 0 Å². The lowest BCUT2D eigenvalue weighted by molar-refractivity contribution is 0.108. The second kappa shape index (κ2) is 10.1. The van der Waals surface area contributed by atoms with E-state index in [-0.39, 0.29) is 0 Å². The van der Waals surface area contributed by atoms with Gasteiger partial charge in [-0.15, -0.1) is 0 Å². The minimum absolute atomic E-state index is 1.02. The van der Waals surface area contributed by atoms with Gasteiger partial charge in [-0.05, 0) is 86.9 Å². The molecule has 23 heavy (non-hydrogen) atoms. The fourth-order valence-electron chi connectivity index (χ4n) is 5.60. The van der Waals surface area contributed by atoms with Crippen molar-refractivity contribution >= 4 is 0 Å². The van der Waals surface area contributed by atoms with Gasteiger partial charge in [0.1, 0.15) is 0 Å². The van der Waals surface area contributed by atoms with E-state index in [0.29, 0.717) is 0 Å². The van der Waals surface area contributed by atoms with Crippen LogP contribution in [0.15, 0.2) is 0 Å². The molecule has 0 saturated heterocycles. The molecule has 0 radical (unpaired) electrons. The average molecular weight is 321 g/mol. The zero-order chi connectivity index (χ0) is 16.7. The maximum atomic E-state index is 2.46. The summed E-state index contributed by atoms with van der Waals surface area (Å²) in [6.07, 6.45) is 19.9. The van der Waals surface area contributed by atoms with Crippen molar-refractivity contribution in [2.24, 2.45) is 35.5 Å². The van der Waals surface area contributed by atoms with Crippen LogP contribution in [0.25, 0.3) is 0 Å². The zero-order valence-electron chi connectivity index (χ0n) is 16.7. The molecule has 0 unspecified atom stereocenters. The fourth-order valence-corrected chi connectivity index (χ4v) is 5.60. The Kier molecular flexibility index (Phi) is 8.48. The predicted octanol–water partition coefficient (Wildman–Crippen LogP) is 7.86. The zero-order valence-corrected chi connectivity index (χ0v) is 16.7. The molecule has 0 aromatic heterocycles. The van der Waals surface area contributed by atoms with E-state index in [1.165, 1.54) is 32.1 Å². The molecule has 0 nitrogen and oxygen atoms in total. The lowest BCUT2D eigenvalue weighted by Crippen LogP contribution is -2.29. The Bertz CT molecular complexity index is 253. The van der Waals surface area contributed by atoms with Gasteiger partial charge in [-0.25, -0.2) is 0 Å². The molecule has 3 saturated carbocycles. The summed E-state index contributed by atoms with van der Waals surface area (Å²) in [5.74, 6) is 6.48. The highest BCUT2D eigenvalue weighted by atomic mass is 14.4. The average Bonchev–Trinajstić information content (AvgIpc) is 2.57. The van der Waals surface area contributed by atoms with Crippen LogP contribution in [0.1, 0.15) is 111 Å². The third-order valence-corrected chi connectivity index (χ3v) is 7.27. The van der Waals surface area contributed by atoms with E-state index in [9.17, 15) is 0 Å². The smallest absolute Gasteiger partial charge is 0.0386 e. The third-order valence-electron chi connectivity index (χ3n) is 7.27. The molecular formula is C23H44. The molecule has 0 aromatic rings. The van der Waals surface area contributed by atoms with E-state index in [1.54, 1.807) is 51.4 Å². The maximum absolute atomic E-state index is 2.46. The molecule has 0 heteroatoms. The quantitative estimate of drug-likeness (QED) is 0.485. The standard InChI is InChI=1S/C20H36.C3H8/c1-15-3-7-17(8-4-15)19-11-13-20(14-12-19)18-9-5-16(2)6-10-18;1-3-2/h15-20H,3-14H2,1-2H3;3H2,1-2H3. The highest BCUT2D eigenvalue weighted by molar-refractivity contribution is 4.85. The van der Waals surface area contributed by atoms with Crippen molar-refractivity contribution in [2.75, 3.05) is 0 Å². The van der Waals surface area contributed by atoms with E-state index in [2.05, 4.69) is 27.7 Å². The van der Waals surface area contributed by atoms with E-state index in [4.69, 9.17) is 0 Å². The van der Waals surface area contributed by atoms with Crippen LogP contribution in [0.3, 0.4) is 0 Å². The summed E-state index contributed by atoms with van der Waals surface area (Å²) in [4.78, 5) is 0. The molecule has 3 aliphatic rings. The molecule has 136 valence electrons. The van der Waals surface area contributed by atoms with E-state index in [0.717, 1.165) is 35.5 Å². The molecule has 3 fully saturated rings. The Hall–Kier alpha value is 0. The second-order valence-corrected chi connectivity index (χ2v) is 9.42. The summed E-state index contributed by atoms with van der Waals surface area (Å²) in [5.41, 5.74) is 0. The molecule has 0 aliphatic heterocycles. The van der Waals surface area contributed by atoms with Crippen LogP contribution in [-0.2, 0) is 0 Å². The van der Waals surface area contributed by atoms with Crippen LogP contribution in [0.2, 0.25) is 0 Å². The first-order valence-corrected chi connectivity index (χ1v) is 11.1. The summed E-state index contributed by atoms with van der Waals surface area (Å²) in [6, 6.07) is 0. The number of hydrogen-bond acceptors (Lipinski definition) is 0. The molecule has 3 rings (SSSR count). The first kappa shape index (κ1) is 19.3. The normalized spacial score (nSPS) is 41.7. The largest absolute Gasteiger partial charge is 0.0656 e. The monoisotopic (exact) mass is 320 g/mol. The van der Waals surface area contributed by atoms with Crippen molar-refractivity contribution in [1.82, 2.24) is 0 Å². The van der Waals surface area contributed by atoms with Gasteiger partial charge in [0, 0.05) is 0 Å². The molecule has 0 heterocycles. The van der Waals surface area contributed by atoms with E-state index < -0.39 is 0 Å². The highest BCUT2D eigenvalue weighted by Crippen LogP contribution is 2.45. The summed E-state index contributed by atoms with van der Waals surface area (Å²) in [6.45, 7) is 9.16. The van der Waals surface area contributed by atoms with Crippen LogP contribution < -0.4 is 0 Å². The van der Waals surface area contributed by atoms with Crippen LogP contribution in [0.5, 0.6) is 0 Å². The van der Waals surface area contributed by atoms with Crippen LogP contribution >= 0.6 is 0 Å². The van der Waals surface area contributed by atoms with Crippen molar-refractivity contribution < 1.29 is 0 Å². The summed E-state index contributed by atoms with van der Waals surface area (Å²) in [5, 5.41) is 0. The first-order chi connectivity index (χ1) is 11.1. The molecule has 0 atom stereocenters. The first-order valence-electron chi connectivity index (χ1n) is 11.1. The van der Waals surface area contributed by atoms with Crippen molar-refractivity contribution in [2.45, 2.75) is 111 Å². The van der Waals surface area contributed by atoms with Crippen molar-refractivity contribution in [3.8, 4) is 0 Å². The van der Waals surface area contributed by atoms with Gasteiger partial charge in [-0.2, -0.15) is 0 Å². The molecule has 0 amide bonds. The number of rotatable bonds is 2. The Labute approximate surface area is 147 Å². The highest BCUT2D eigenvalue weighted by Gasteiger charge is 2.33. The molecule has 3 aliphatic carbocycles. The molecule has 0 bridgehead atoms. The Balaban J connectivity index is 0.000000595. The van der Waals surface area contributed by atoms with Gasteiger partial charge in [-0.3, -0.25) is 0 Å². The van der Waals surface area contributed by atoms with Crippen molar-refractivity contribution in [3.63, 3.8) is 0 Å². The predicted molar refractivity (Wildman–Crippen MR) is 104 cm³/mol. The fraction of sp³-hybridized carbons (Fsp3) is 1.00. The van der Waals surface area contributed by atoms with Gasteiger partial charge >= 0.3 is 0 Å². The second-order valence-electron chi connectivity index (χ2n) is 9.42.